The summed E-state index contributed by atoms with van der Waals surface area (Å²) < 4.78 is 23.1. The lowest BCUT2D eigenvalue weighted by atomic mass is 9.98. The Morgan fingerprint density at radius 3 is 2.31 bits per heavy atom. The highest BCUT2D eigenvalue weighted by Gasteiger charge is 2.49. The van der Waals surface area contributed by atoms with Crippen LogP contribution in [0.3, 0.4) is 0 Å². The Labute approximate surface area is 151 Å². The molecule has 0 unspecified atom stereocenters. The standard InChI is InChI=1S/C20H22O6/c21-16-17(22)20(23-11-13-7-3-1-4-8-13)25-15-12-24-19(26-18(15)16)14-9-5-2-6-10-14/h1-10,15-22H,11-12H2/t15-,16-,17+,18-,19-,20+/m1/s1. The molecule has 0 bridgehead atoms. The number of aliphatic hydroxyl groups is 2. The summed E-state index contributed by atoms with van der Waals surface area (Å²) >= 11 is 0. The second kappa shape index (κ2) is 7.84. The summed E-state index contributed by atoms with van der Waals surface area (Å²) in [6.07, 6.45) is -5.04. The fourth-order valence-corrected chi connectivity index (χ4v) is 3.25. The second-order valence-electron chi connectivity index (χ2n) is 6.50. The molecule has 0 radical (unpaired) electrons. The molecule has 0 amide bonds. The van der Waals surface area contributed by atoms with Crippen LogP contribution in [0.1, 0.15) is 17.4 Å². The van der Waals surface area contributed by atoms with E-state index in [4.69, 9.17) is 18.9 Å². The molecule has 26 heavy (non-hydrogen) atoms. The molecular formula is C20H22O6. The van der Waals surface area contributed by atoms with Gasteiger partial charge in [-0.1, -0.05) is 60.7 Å². The van der Waals surface area contributed by atoms with Crippen molar-refractivity contribution in [2.45, 2.75) is 43.6 Å². The minimum Gasteiger partial charge on any atom is -0.387 e. The predicted octanol–water partition coefficient (Wildman–Crippen LogP) is 1.76. The molecule has 0 aliphatic carbocycles. The van der Waals surface area contributed by atoms with E-state index < -0.39 is 37.0 Å². The topological polar surface area (TPSA) is 77.4 Å². The van der Waals surface area contributed by atoms with E-state index in [0.29, 0.717) is 0 Å². The summed E-state index contributed by atoms with van der Waals surface area (Å²) in [5.41, 5.74) is 1.82. The number of hydrogen-bond donors (Lipinski definition) is 2. The maximum absolute atomic E-state index is 10.5. The van der Waals surface area contributed by atoms with Crippen LogP contribution in [0, 0.1) is 0 Å². The minimum atomic E-state index is -1.20. The SMILES string of the molecule is O[C@@H]1[C@@H](OCc2ccccc2)O[C@@H]2CO[C@@H](c3ccccc3)O[C@H]2[C@@H]1O. The van der Waals surface area contributed by atoms with E-state index >= 15 is 0 Å². The van der Waals surface area contributed by atoms with Crippen LogP contribution in [0.25, 0.3) is 0 Å². The first kappa shape index (κ1) is 17.6. The van der Waals surface area contributed by atoms with Gasteiger partial charge in [-0.15, -0.1) is 0 Å². The largest absolute Gasteiger partial charge is 0.387 e. The van der Waals surface area contributed by atoms with Crippen LogP contribution >= 0.6 is 0 Å². The van der Waals surface area contributed by atoms with Gasteiger partial charge in [-0.25, -0.2) is 0 Å². The third-order valence-electron chi connectivity index (χ3n) is 4.66. The van der Waals surface area contributed by atoms with Gasteiger partial charge in [0.1, 0.15) is 24.4 Å². The highest BCUT2D eigenvalue weighted by atomic mass is 16.8. The zero-order chi connectivity index (χ0) is 17.9. The van der Waals surface area contributed by atoms with Gasteiger partial charge in [0.05, 0.1) is 13.2 Å². The number of rotatable bonds is 4. The van der Waals surface area contributed by atoms with E-state index in [1.807, 2.05) is 60.7 Å². The number of hydrogen-bond acceptors (Lipinski definition) is 6. The Kier molecular flexibility index (Phi) is 5.31. The lowest BCUT2D eigenvalue weighted by molar-refractivity contribution is -0.362. The van der Waals surface area contributed by atoms with Crippen molar-refractivity contribution < 1.29 is 29.2 Å². The monoisotopic (exact) mass is 358 g/mol. The van der Waals surface area contributed by atoms with E-state index in [-0.39, 0.29) is 13.2 Å². The fraction of sp³-hybridized carbons (Fsp3) is 0.400. The molecule has 6 heteroatoms. The highest BCUT2D eigenvalue weighted by Crippen LogP contribution is 2.34. The van der Waals surface area contributed by atoms with Gasteiger partial charge in [0, 0.05) is 5.56 Å². The van der Waals surface area contributed by atoms with Crippen LogP contribution in [0.4, 0.5) is 0 Å². The maximum atomic E-state index is 10.5. The van der Waals surface area contributed by atoms with E-state index in [1.165, 1.54) is 0 Å². The van der Waals surface area contributed by atoms with E-state index in [0.717, 1.165) is 11.1 Å². The van der Waals surface area contributed by atoms with Gasteiger partial charge in [-0.2, -0.15) is 0 Å². The van der Waals surface area contributed by atoms with E-state index in [9.17, 15) is 10.2 Å². The van der Waals surface area contributed by atoms with Crippen molar-refractivity contribution in [1.29, 1.82) is 0 Å². The van der Waals surface area contributed by atoms with Crippen molar-refractivity contribution in [2.24, 2.45) is 0 Å². The molecule has 2 aromatic carbocycles. The predicted molar refractivity (Wildman–Crippen MR) is 91.9 cm³/mol. The lowest BCUT2D eigenvalue weighted by Crippen LogP contribution is -2.62. The zero-order valence-electron chi connectivity index (χ0n) is 14.2. The van der Waals surface area contributed by atoms with E-state index in [2.05, 4.69) is 0 Å². The first-order valence-corrected chi connectivity index (χ1v) is 8.71. The summed E-state index contributed by atoms with van der Waals surface area (Å²) in [6.45, 7) is 0.528. The molecule has 6 nitrogen and oxygen atoms in total. The lowest BCUT2D eigenvalue weighted by Gasteiger charge is -2.46. The van der Waals surface area contributed by atoms with Crippen molar-refractivity contribution >= 4 is 0 Å². The third-order valence-corrected chi connectivity index (χ3v) is 4.66. The first-order valence-electron chi connectivity index (χ1n) is 8.71. The molecule has 2 saturated heterocycles. The first-order chi connectivity index (χ1) is 12.7. The van der Waals surface area contributed by atoms with Gasteiger partial charge in [-0.05, 0) is 5.56 Å². The summed E-state index contributed by atoms with van der Waals surface area (Å²) in [5.74, 6) is 0. The van der Waals surface area contributed by atoms with Crippen molar-refractivity contribution in [3.05, 3.63) is 71.8 Å². The zero-order valence-corrected chi connectivity index (χ0v) is 14.2. The van der Waals surface area contributed by atoms with Crippen LogP contribution in [-0.4, -0.2) is 47.5 Å². The molecule has 2 aliphatic rings. The van der Waals surface area contributed by atoms with Gasteiger partial charge in [0.15, 0.2) is 12.6 Å². The number of benzene rings is 2. The molecule has 4 rings (SSSR count). The molecule has 0 saturated carbocycles. The van der Waals surface area contributed by atoms with Crippen molar-refractivity contribution in [3.63, 3.8) is 0 Å². The highest BCUT2D eigenvalue weighted by molar-refractivity contribution is 5.17. The minimum absolute atomic E-state index is 0.249. The van der Waals surface area contributed by atoms with Crippen LogP contribution < -0.4 is 0 Å². The van der Waals surface area contributed by atoms with Crippen molar-refractivity contribution in [1.82, 2.24) is 0 Å². The normalized spacial score (nSPS) is 34.2. The summed E-state index contributed by atoms with van der Waals surface area (Å²) in [6, 6.07) is 19.1. The Balaban J connectivity index is 1.40. The number of aliphatic hydroxyl groups excluding tert-OH is 2. The third kappa shape index (κ3) is 3.66. The summed E-state index contributed by atoms with van der Waals surface area (Å²) in [5, 5.41) is 20.9. The smallest absolute Gasteiger partial charge is 0.187 e. The molecule has 2 N–H and O–H groups in total. The average Bonchev–Trinajstić information content (AvgIpc) is 2.71. The quantitative estimate of drug-likeness (QED) is 0.867. The summed E-state index contributed by atoms with van der Waals surface area (Å²) in [7, 11) is 0. The van der Waals surface area contributed by atoms with Gasteiger partial charge < -0.3 is 29.2 Å². The fourth-order valence-electron chi connectivity index (χ4n) is 3.25. The van der Waals surface area contributed by atoms with Crippen molar-refractivity contribution in [2.75, 3.05) is 6.61 Å². The Morgan fingerprint density at radius 1 is 0.885 bits per heavy atom. The molecule has 138 valence electrons. The molecular weight excluding hydrogens is 336 g/mol. The van der Waals surface area contributed by atoms with Crippen LogP contribution in [0.5, 0.6) is 0 Å². The Morgan fingerprint density at radius 2 is 1.58 bits per heavy atom. The molecule has 0 spiro atoms. The van der Waals surface area contributed by atoms with Crippen LogP contribution in [0.2, 0.25) is 0 Å². The molecule has 2 fully saturated rings. The second-order valence-corrected chi connectivity index (χ2v) is 6.50. The molecule has 2 aromatic rings. The Bertz CT molecular complexity index is 692. The van der Waals surface area contributed by atoms with Gasteiger partial charge >= 0.3 is 0 Å². The number of ether oxygens (including phenoxy) is 4. The Hall–Kier alpha value is -1.80. The van der Waals surface area contributed by atoms with Crippen LogP contribution in [-0.2, 0) is 25.6 Å². The van der Waals surface area contributed by atoms with Gasteiger partial charge in [-0.3, -0.25) is 0 Å². The van der Waals surface area contributed by atoms with E-state index in [1.54, 1.807) is 0 Å². The molecule has 0 aromatic heterocycles. The molecule has 2 heterocycles. The molecule has 6 atom stereocenters. The van der Waals surface area contributed by atoms with Crippen molar-refractivity contribution in [3.8, 4) is 0 Å². The maximum Gasteiger partial charge on any atom is 0.187 e. The van der Waals surface area contributed by atoms with Gasteiger partial charge in [0.2, 0.25) is 0 Å². The molecule has 2 aliphatic heterocycles. The number of fused-ring (bicyclic) bond motifs is 1. The van der Waals surface area contributed by atoms with Gasteiger partial charge in [0.25, 0.3) is 0 Å². The summed E-state index contributed by atoms with van der Waals surface area (Å²) in [4.78, 5) is 0. The average molecular weight is 358 g/mol. The van der Waals surface area contributed by atoms with Crippen LogP contribution in [0.15, 0.2) is 60.7 Å².